The fourth-order valence-corrected chi connectivity index (χ4v) is 3.04. The molecule has 0 aliphatic carbocycles. The number of piperazine rings is 1. The number of halogens is 1. The molecular weight excluding hydrogens is 377 g/mol. The number of aromatic nitrogens is 2. The van der Waals surface area contributed by atoms with Gasteiger partial charge in [-0.1, -0.05) is 12.6 Å². The molecule has 0 unspecified atom stereocenters. The van der Waals surface area contributed by atoms with Crippen molar-refractivity contribution in [1.29, 1.82) is 5.26 Å². The molecule has 1 fully saturated rings. The summed E-state index contributed by atoms with van der Waals surface area (Å²) < 4.78 is 20.1. The van der Waals surface area contributed by atoms with Gasteiger partial charge in [-0.3, -0.25) is 10.3 Å². The van der Waals surface area contributed by atoms with Crippen molar-refractivity contribution in [2.24, 2.45) is 5.73 Å². The second-order valence-electron chi connectivity index (χ2n) is 6.31. The molecular formula is C19H20FN7O2. The number of amides is 1. The van der Waals surface area contributed by atoms with Crippen LogP contribution in [0.15, 0.2) is 43.1 Å². The molecule has 1 aromatic carbocycles. The smallest absolute Gasteiger partial charge is 0.413 e. The first kappa shape index (κ1) is 19.9. The molecule has 1 saturated heterocycles. The minimum absolute atomic E-state index is 0.0723. The van der Waals surface area contributed by atoms with Crippen LogP contribution in [-0.4, -0.2) is 42.2 Å². The summed E-state index contributed by atoms with van der Waals surface area (Å²) in [4.78, 5) is 23.7. The van der Waals surface area contributed by atoms with Gasteiger partial charge in [-0.15, -0.1) is 0 Å². The van der Waals surface area contributed by atoms with Crippen LogP contribution in [0.3, 0.4) is 0 Å². The zero-order valence-electron chi connectivity index (χ0n) is 15.6. The van der Waals surface area contributed by atoms with E-state index < -0.39 is 11.9 Å². The van der Waals surface area contributed by atoms with Crippen LogP contribution < -0.4 is 20.9 Å². The maximum Gasteiger partial charge on any atom is 0.413 e. The van der Waals surface area contributed by atoms with Gasteiger partial charge >= 0.3 is 6.09 Å². The van der Waals surface area contributed by atoms with Crippen LogP contribution in [0.4, 0.5) is 20.7 Å². The van der Waals surface area contributed by atoms with Gasteiger partial charge in [0.05, 0.1) is 23.3 Å². The van der Waals surface area contributed by atoms with Crippen LogP contribution in [0.25, 0.3) is 0 Å². The van der Waals surface area contributed by atoms with Gasteiger partial charge < -0.3 is 20.3 Å². The van der Waals surface area contributed by atoms with E-state index in [2.05, 4.69) is 21.9 Å². The number of alkyl carbamates (subject to hydrolysis) is 1. The highest BCUT2D eigenvalue weighted by molar-refractivity contribution is 5.69. The van der Waals surface area contributed by atoms with Crippen molar-refractivity contribution >= 4 is 17.6 Å². The van der Waals surface area contributed by atoms with Crippen molar-refractivity contribution in [1.82, 2.24) is 15.3 Å². The number of anilines is 2. The standard InChI is InChI=1S/C19H20FN7O2/c1-13(22)25-19(28)29-12-15-3-2-14(10-21)18(17(15)20)27-8-6-26(7-9-27)16-11-23-4-5-24-16/h2-5,11H,1,6-9,12,22H2,(H,25,28). The zero-order chi connectivity index (χ0) is 20.8. The van der Waals surface area contributed by atoms with Gasteiger partial charge in [-0.05, 0) is 6.07 Å². The van der Waals surface area contributed by atoms with Gasteiger partial charge in [0.1, 0.15) is 18.5 Å². The number of benzene rings is 1. The van der Waals surface area contributed by atoms with E-state index in [-0.39, 0.29) is 29.2 Å². The minimum atomic E-state index is -0.833. The zero-order valence-corrected chi connectivity index (χ0v) is 15.6. The number of carbonyl (C=O) groups is 1. The minimum Gasteiger partial charge on any atom is -0.444 e. The van der Waals surface area contributed by atoms with Crippen LogP contribution in [0.1, 0.15) is 11.1 Å². The number of hydrogen-bond acceptors (Lipinski definition) is 8. The number of nitrogens with zero attached hydrogens (tertiary/aromatic N) is 5. The molecule has 0 bridgehead atoms. The number of nitrogens with two attached hydrogens (primary N) is 1. The number of nitrogens with one attached hydrogen (secondary N) is 1. The van der Waals surface area contributed by atoms with Gasteiger partial charge in [0, 0.05) is 44.1 Å². The third kappa shape index (κ3) is 4.70. The van der Waals surface area contributed by atoms with Crippen LogP contribution in [-0.2, 0) is 11.3 Å². The summed E-state index contributed by atoms with van der Waals surface area (Å²) in [5, 5.41) is 11.6. The van der Waals surface area contributed by atoms with Gasteiger partial charge in [0.15, 0.2) is 5.82 Å². The summed E-state index contributed by atoms with van der Waals surface area (Å²) in [7, 11) is 0. The van der Waals surface area contributed by atoms with E-state index in [0.717, 1.165) is 5.82 Å². The summed E-state index contributed by atoms with van der Waals surface area (Å²) in [5.41, 5.74) is 5.86. The first-order valence-corrected chi connectivity index (χ1v) is 8.85. The van der Waals surface area contributed by atoms with Crippen LogP contribution in [0.2, 0.25) is 0 Å². The fourth-order valence-electron chi connectivity index (χ4n) is 3.04. The third-order valence-corrected chi connectivity index (χ3v) is 4.41. The molecule has 3 N–H and O–H groups in total. The third-order valence-electron chi connectivity index (χ3n) is 4.41. The summed E-state index contributed by atoms with van der Waals surface area (Å²) >= 11 is 0. The highest BCUT2D eigenvalue weighted by Gasteiger charge is 2.25. The predicted molar refractivity (Wildman–Crippen MR) is 104 cm³/mol. The number of ether oxygens (including phenoxy) is 1. The summed E-state index contributed by atoms with van der Waals surface area (Å²) in [6.45, 7) is 5.23. The normalized spacial score (nSPS) is 13.5. The highest BCUT2D eigenvalue weighted by atomic mass is 19.1. The molecule has 10 heteroatoms. The molecule has 1 aliphatic rings. The number of rotatable bonds is 5. The Bertz CT molecular complexity index is 938. The lowest BCUT2D eigenvalue weighted by atomic mass is 10.1. The Balaban J connectivity index is 1.74. The Kier molecular flexibility index (Phi) is 6.09. The van der Waals surface area contributed by atoms with Gasteiger partial charge in [0.2, 0.25) is 0 Å². The maximum atomic E-state index is 15.2. The van der Waals surface area contributed by atoms with Crippen molar-refractivity contribution in [2.75, 3.05) is 36.0 Å². The largest absolute Gasteiger partial charge is 0.444 e. The SMILES string of the molecule is C=C(N)NC(=O)OCc1ccc(C#N)c(N2CCN(c3cnccn3)CC2)c1F. The fraction of sp³-hybridized carbons (Fsp3) is 0.263. The molecule has 0 atom stereocenters. The highest BCUT2D eigenvalue weighted by Crippen LogP contribution is 2.29. The summed E-state index contributed by atoms with van der Waals surface area (Å²) in [5.74, 6) is 0.0936. The summed E-state index contributed by atoms with van der Waals surface area (Å²) in [6.07, 6.45) is 4.07. The molecule has 2 heterocycles. The Morgan fingerprint density at radius 2 is 2.03 bits per heavy atom. The Labute approximate surface area is 167 Å². The molecule has 0 spiro atoms. The van der Waals surface area contributed by atoms with Gasteiger partial charge in [-0.25, -0.2) is 14.2 Å². The average molecular weight is 397 g/mol. The van der Waals surface area contributed by atoms with E-state index in [4.69, 9.17) is 10.5 Å². The maximum absolute atomic E-state index is 15.2. The van der Waals surface area contributed by atoms with E-state index >= 15 is 4.39 Å². The van der Waals surface area contributed by atoms with E-state index in [1.807, 2.05) is 15.9 Å². The van der Waals surface area contributed by atoms with Crippen molar-refractivity contribution in [2.45, 2.75) is 6.61 Å². The van der Waals surface area contributed by atoms with Crippen LogP contribution in [0, 0.1) is 17.1 Å². The molecule has 2 aromatic rings. The molecule has 0 saturated carbocycles. The number of nitriles is 1. The second-order valence-corrected chi connectivity index (χ2v) is 6.31. The van der Waals surface area contributed by atoms with Crippen molar-refractivity contribution in [3.63, 3.8) is 0 Å². The Hall–Kier alpha value is -3.87. The first-order chi connectivity index (χ1) is 14.0. The van der Waals surface area contributed by atoms with E-state index in [0.29, 0.717) is 26.2 Å². The average Bonchev–Trinajstić information content (AvgIpc) is 2.73. The molecule has 29 heavy (non-hydrogen) atoms. The molecule has 9 nitrogen and oxygen atoms in total. The Morgan fingerprint density at radius 1 is 1.31 bits per heavy atom. The predicted octanol–water partition coefficient (Wildman–Crippen LogP) is 1.47. The lowest BCUT2D eigenvalue weighted by Gasteiger charge is -2.37. The molecule has 3 rings (SSSR count). The molecule has 1 aromatic heterocycles. The van der Waals surface area contributed by atoms with E-state index in [1.54, 1.807) is 18.6 Å². The van der Waals surface area contributed by atoms with E-state index in [9.17, 15) is 10.1 Å². The van der Waals surface area contributed by atoms with Crippen molar-refractivity contribution < 1.29 is 13.9 Å². The number of carbonyl (C=O) groups excluding carboxylic acids is 1. The van der Waals surface area contributed by atoms with Crippen molar-refractivity contribution in [3.8, 4) is 6.07 Å². The van der Waals surface area contributed by atoms with Crippen molar-refractivity contribution in [3.05, 3.63) is 60.1 Å². The van der Waals surface area contributed by atoms with E-state index in [1.165, 1.54) is 12.1 Å². The Morgan fingerprint density at radius 3 is 2.66 bits per heavy atom. The quantitative estimate of drug-likeness (QED) is 0.778. The first-order valence-electron chi connectivity index (χ1n) is 8.85. The lowest BCUT2D eigenvalue weighted by molar-refractivity contribution is 0.141. The van der Waals surface area contributed by atoms with Crippen LogP contribution >= 0.6 is 0 Å². The molecule has 1 aliphatic heterocycles. The topological polar surface area (TPSA) is 120 Å². The van der Waals surface area contributed by atoms with Gasteiger partial charge in [0.25, 0.3) is 0 Å². The molecule has 1 amide bonds. The molecule has 0 radical (unpaired) electrons. The molecule has 150 valence electrons. The van der Waals surface area contributed by atoms with Gasteiger partial charge in [-0.2, -0.15) is 5.26 Å². The number of hydrogen-bond donors (Lipinski definition) is 2. The second kappa shape index (κ2) is 8.88. The summed E-state index contributed by atoms with van der Waals surface area (Å²) in [6, 6.07) is 4.98. The van der Waals surface area contributed by atoms with Crippen LogP contribution in [0.5, 0.6) is 0 Å². The lowest BCUT2D eigenvalue weighted by Crippen LogP contribution is -2.47. The monoisotopic (exact) mass is 397 g/mol.